The molecule has 100 valence electrons. The average molecular weight is 259 g/mol. The topological polar surface area (TPSA) is 69.6 Å². The van der Waals surface area contributed by atoms with E-state index in [1.54, 1.807) is 0 Å². The number of aliphatic hydroxyl groups excluding tert-OH is 2. The highest BCUT2D eigenvalue weighted by atomic mass is 19.2. The van der Waals surface area contributed by atoms with E-state index < -0.39 is 23.8 Å². The fourth-order valence-corrected chi connectivity index (χ4v) is 1.51. The molecule has 3 N–H and O–H groups in total. The molecule has 6 heteroatoms. The summed E-state index contributed by atoms with van der Waals surface area (Å²) in [5.74, 6) is -2.53. The van der Waals surface area contributed by atoms with Gasteiger partial charge in [-0.15, -0.1) is 0 Å². The number of carbonyl (C=O) groups is 1. The highest BCUT2D eigenvalue weighted by Crippen LogP contribution is 2.23. The summed E-state index contributed by atoms with van der Waals surface area (Å²) in [6.07, 6.45) is -2.78. The zero-order valence-electron chi connectivity index (χ0n) is 9.86. The van der Waals surface area contributed by atoms with Gasteiger partial charge in [0.05, 0.1) is 6.10 Å². The second-order valence-corrected chi connectivity index (χ2v) is 3.93. The summed E-state index contributed by atoms with van der Waals surface area (Å²) in [7, 11) is 0. The number of aliphatic hydroxyl groups is 2. The summed E-state index contributed by atoms with van der Waals surface area (Å²) in [6.45, 7) is 1.46. The van der Waals surface area contributed by atoms with Gasteiger partial charge in [-0.1, -0.05) is 12.1 Å². The normalized spacial score (nSPS) is 14.1. The number of hydrogen-bond acceptors (Lipinski definition) is 3. The van der Waals surface area contributed by atoms with Gasteiger partial charge in [-0.2, -0.15) is 0 Å². The Hall–Kier alpha value is -1.53. The first kappa shape index (κ1) is 14.5. The molecular weight excluding hydrogens is 244 g/mol. The molecule has 2 atom stereocenters. The smallest absolute Gasteiger partial charge is 0.216 e. The van der Waals surface area contributed by atoms with Gasteiger partial charge in [0.1, 0.15) is 6.10 Å². The number of nitrogens with one attached hydrogen (secondary N) is 1. The largest absolute Gasteiger partial charge is 0.390 e. The van der Waals surface area contributed by atoms with Gasteiger partial charge in [0.15, 0.2) is 11.6 Å². The van der Waals surface area contributed by atoms with Crippen LogP contribution in [-0.2, 0) is 4.79 Å². The molecule has 0 aliphatic heterocycles. The van der Waals surface area contributed by atoms with Crippen molar-refractivity contribution < 1.29 is 23.8 Å². The van der Waals surface area contributed by atoms with Gasteiger partial charge in [-0.25, -0.2) is 8.78 Å². The molecule has 0 saturated carbocycles. The van der Waals surface area contributed by atoms with Gasteiger partial charge < -0.3 is 15.5 Å². The van der Waals surface area contributed by atoms with Crippen molar-refractivity contribution in [2.24, 2.45) is 0 Å². The van der Waals surface area contributed by atoms with Crippen LogP contribution in [0, 0.1) is 11.6 Å². The van der Waals surface area contributed by atoms with Crippen LogP contribution < -0.4 is 5.32 Å². The summed E-state index contributed by atoms with van der Waals surface area (Å²) >= 11 is 0. The third kappa shape index (κ3) is 3.75. The molecule has 4 nitrogen and oxygen atoms in total. The molecule has 0 radical (unpaired) electrons. The molecule has 18 heavy (non-hydrogen) atoms. The average Bonchev–Trinajstić information content (AvgIpc) is 2.31. The van der Waals surface area contributed by atoms with E-state index in [4.69, 9.17) is 0 Å². The van der Waals surface area contributed by atoms with Crippen molar-refractivity contribution in [1.82, 2.24) is 5.32 Å². The number of halogens is 2. The Balaban J connectivity index is 2.65. The second kappa shape index (κ2) is 6.42. The van der Waals surface area contributed by atoms with E-state index in [0.29, 0.717) is 0 Å². The highest BCUT2D eigenvalue weighted by molar-refractivity contribution is 5.72. The van der Waals surface area contributed by atoms with E-state index in [-0.39, 0.29) is 24.4 Å². The zero-order valence-corrected chi connectivity index (χ0v) is 9.86. The van der Waals surface area contributed by atoms with Crippen LogP contribution in [0.2, 0.25) is 0 Å². The summed E-state index contributed by atoms with van der Waals surface area (Å²) in [5.41, 5.74) is -0.301. The van der Waals surface area contributed by atoms with E-state index in [0.717, 1.165) is 6.07 Å². The standard InChI is InChI=1S/C12H15F2NO3/c1-7(16)15-6-5-10(17)12(18)8-3-2-4-9(13)11(8)14/h2-4,10,12,17-18H,5-6H2,1H3,(H,15,16). The maximum absolute atomic E-state index is 13.3. The van der Waals surface area contributed by atoms with Crippen LogP contribution in [0.3, 0.4) is 0 Å². The minimum Gasteiger partial charge on any atom is -0.390 e. The Morgan fingerprint density at radius 2 is 2.06 bits per heavy atom. The van der Waals surface area contributed by atoms with Crippen LogP contribution in [0.1, 0.15) is 25.0 Å². The number of carbonyl (C=O) groups excluding carboxylic acids is 1. The van der Waals surface area contributed by atoms with Crippen LogP contribution in [-0.4, -0.2) is 28.8 Å². The van der Waals surface area contributed by atoms with E-state index in [9.17, 15) is 23.8 Å². The van der Waals surface area contributed by atoms with Crippen molar-refractivity contribution in [2.75, 3.05) is 6.54 Å². The van der Waals surface area contributed by atoms with Crippen molar-refractivity contribution in [3.63, 3.8) is 0 Å². The second-order valence-electron chi connectivity index (χ2n) is 3.93. The minimum absolute atomic E-state index is 0.0384. The quantitative estimate of drug-likeness (QED) is 0.735. The van der Waals surface area contributed by atoms with Crippen molar-refractivity contribution >= 4 is 5.91 Å². The molecule has 0 spiro atoms. The molecule has 0 saturated heterocycles. The van der Waals surface area contributed by atoms with Crippen molar-refractivity contribution in [3.8, 4) is 0 Å². The maximum Gasteiger partial charge on any atom is 0.216 e. The molecule has 1 rings (SSSR count). The molecular formula is C12H15F2NO3. The molecule has 1 aromatic rings. The van der Waals surface area contributed by atoms with Crippen molar-refractivity contribution in [3.05, 3.63) is 35.4 Å². The SMILES string of the molecule is CC(=O)NCCC(O)C(O)c1cccc(F)c1F. The number of benzene rings is 1. The summed E-state index contributed by atoms with van der Waals surface area (Å²) in [5, 5.41) is 21.7. The molecule has 2 unspecified atom stereocenters. The lowest BCUT2D eigenvalue weighted by molar-refractivity contribution is -0.119. The maximum atomic E-state index is 13.3. The van der Waals surface area contributed by atoms with Gasteiger partial charge in [0.25, 0.3) is 0 Å². The zero-order chi connectivity index (χ0) is 13.7. The minimum atomic E-state index is -1.53. The molecule has 1 aromatic carbocycles. The summed E-state index contributed by atoms with van der Waals surface area (Å²) in [6, 6.07) is 3.37. The van der Waals surface area contributed by atoms with E-state index in [1.165, 1.54) is 19.1 Å². The van der Waals surface area contributed by atoms with Crippen LogP contribution in [0.4, 0.5) is 8.78 Å². The van der Waals surface area contributed by atoms with Crippen LogP contribution in [0.25, 0.3) is 0 Å². The number of hydrogen-bond donors (Lipinski definition) is 3. The number of rotatable bonds is 5. The predicted octanol–water partition coefficient (Wildman–Crippen LogP) is 0.885. The molecule has 0 fully saturated rings. The van der Waals surface area contributed by atoms with Gasteiger partial charge in [-0.05, 0) is 12.5 Å². The first-order valence-electron chi connectivity index (χ1n) is 5.48. The fraction of sp³-hybridized carbons (Fsp3) is 0.417. The molecule has 0 aliphatic carbocycles. The third-order valence-electron chi connectivity index (χ3n) is 2.48. The van der Waals surface area contributed by atoms with Crippen LogP contribution >= 0.6 is 0 Å². The molecule has 0 aromatic heterocycles. The van der Waals surface area contributed by atoms with E-state index in [1.807, 2.05) is 0 Å². The van der Waals surface area contributed by atoms with Gasteiger partial charge in [0, 0.05) is 19.0 Å². The van der Waals surface area contributed by atoms with Crippen LogP contribution in [0.15, 0.2) is 18.2 Å². The van der Waals surface area contributed by atoms with Gasteiger partial charge in [-0.3, -0.25) is 4.79 Å². The Morgan fingerprint density at radius 1 is 1.39 bits per heavy atom. The first-order chi connectivity index (χ1) is 8.43. The lowest BCUT2D eigenvalue weighted by Crippen LogP contribution is -2.28. The lowest BCUT2D eigenvalue weighted by atomic mass is 10.0. The Labute approximate surface area is 103 Å². The molecule has 0 aliphatic rings. The Morgan fingerprint density at radius 3 is 2.67 bits per heavy atom. The summed E-state index contributed by atoms with van der Waals surface area (Å²) in [4.78, 5) is 10.6. The van der Waals surface area contributed by atoms with Crippen LogP contribution in [0.5, 0.6) is 0 Å². The lowest BCUT2D eigenvalue weighted by Gasteiger charge is -2.18. The Kier molecular flexibility index (Phi) is 5.18. The number of amides is 1. The molecule has 1 amide bonds. The Bertz CT molecular complexity index is 426. The monoisotopic (exact) mass is 259 g/mol. The van der Waals surface area contributed by atoms with Crippen molar-refractivity contribution in [1.29, 1.82) is 0 Å². The van der Waals surface area contributed by atoms with E-state index >= 15 is 0 Å². The van der Waals surface area contributed by atoms with Gasteiger partial charge >= 0.3 is 0 Å². The molecule has 0 bridgehead atoms. The predicted molar refractivity (Wildman–Crippen MR) is 60.6 cm³/mol. The van der Waals surface area contributed by atoms with Crippen molar-refractivity contribution in [2.45, 2.75) is 25.6 Å². The molecule has 0 heterocycles. The first-order valence-corrected chi connectivity index (χ1v) is 5.48. The third-order valence-corrected chi connectivity index (χ3v) is 2.48. The van der Waals surface area contributed by atoms with Gasteiger partial charge in [0.2, 0.25) is 5.91 Å². The summed E-state index contributed by atoms with van der Waals surface area (Å²) < 4.78 is 26.3. The fourth-order valence-electron chi connectivity index (χ4n) is 1.51. The van der Waals surface area contributed by atoms with E-state index in [2.05, 4.69) is 5.32 Å². The highest BCUT2D eigenvalue weighted by Gasteiger charge is 2.22.